The lowest BCUT2D eigenvalue weighted by Crippen LogP contribution is -1.99. The predicted octanol–water partition coefficient (Wildman–Crippen LogP) is 2.73. The van der Waals surface area contributed by atoms with Gasteiger partial charge in [0.1, 0.15) is 5.82 Å². The normalized spacial score (nSPS) is 9.50. The van der Waals surface area contributed by atoms with Crippen LogP contribution < -0.4 is 5.32 Å². The number of halogens is 1. The lowest BCUT2D eigenvalue weighted by Gasteiger charge is -2.06. The zero-order valence-corrected chi connectivity index (χ0v) is 7.10. The highest BCUT2D eigenvalue weighted by Crippen LogP contribution is 2.15. The second-order valence-electron chi connectivity index (χ2n) is 2.63. The first kappa shape index (κ1) is 8.78. The molecule has 12 heavy (non-hydrogen) atoms. The molecular formula is C10H12FN. The Morgan fingerprint density at radius 2 is 2.33 bits per heavy atom. The second-order valence-corrected chi connectivity index (χ2v) is 2.63. The van der Waals surface area contributed by atoms with Crippen molar-refractivity contribution in [3.63, 3.8) is 0 Å². The maximum Gasteiger partial charge on any atom is 0.125 e. The van der Waals surface area contributed by atoms with Crippen LogP contribution in [0.25, 0.3) is 0 Å². The van der Waals surface area contributed by atoms with E-state index in [1.807, 2.05) is 6.92 Å². The second kappa shape index (κ2) is 3.90. The van der Waals surface area contributed by atoms with Gasteiger partial charge in [0.2, 0.25) is 0 Å². The molecule has 0 radical (unpaired) electrons. The Morgan fingerprint density at radius 3 is 3.00 bits per heavy atom. The van der Waals surface area contributed by atoms with E-state index < -0.39 is 0 Å². The summed E-state index contributed by atoms with van der Waals surface area (Å²) in [6, 6.07) is 4.69. The van der Waals surface area contributed by atoms with Gasteiger partial charge in [0.25, 0.3) is 0 Å². The van der Waals surface area contributed by atoms with Crippen molar-refractivity contribution in [1.29, 1.82) is 0 Å². The first-order chi connectivity index (χ1) is 5.74. The molecule has 0 aromatic heterocycles. The van der Waals surface area contributed by atoms with Gasteiger partial charge in [-0.25, -0.2) is 4.39 Å². The van der Waals surface area contributed by atoms with Gasteiger partial charge < -0.3 is 5.32 Å². The van der Waals surface area contributed by atoms with E-state index in [2.05, 4.69) is 11.9 Å². The van der Waals surface area contributed by atoms with Gasteiger partial charge in [-0.2, -0.15) is 0 Å². The van der Waals surface area contributed by atoms with Crippen LogP contribution in [0, 0.1) is 12.7 Å². The summed E-state index contributed by atoms with van der Waals surface area (Å²) in [5, 5.41) is 3.05. The molecular weight excluding hydrogens is 153 g/mol. The standard InChI is InChI=1S/C10H12FN/c1-3-6-12-10-7-9(11)5-4-8(10)2/h3-5,7,12H,1,6H2,2H3. The van der Waals surface area contributed by atoms with Gasteiger partial charge in [0.15, 0.2) is 0 Å². The van der Waals surface area contributed by atoms with E-state index in [9.17, 15) is 4.39 Å². The predicted molar refractivity (Wildman–Crippen MR) is 49.8 cm³/mol. The summed E-state index contributed by atoms with van der Waals surface area (Å²) in [6.45, 7) is 6.16. The molecule has 1 aromatic rings. The number of hydrogen-bond acceptors (Lipinski definition) is 1. The summed E-state index contributed by atoms with van der Waals surface area (Å²) in [7, 11) is 0. The number of rotatable bonds is 3. The molecule has 2 heteroatoms. The molecule has 0 atom stereocenters. The van der Waals surface area contributed by atoms with Crippen LogP contribution in [0.4, 0.5) is 10.1 Å². The van der Waals surface area contributed by atoms with E-state index >= 15 is 0 Å². The topological polar surface area (TPSA) is 12.0 Å². The Hall–Kier alpha value is -1.31. The fraction of sp³-hybridized carbons (Fsp3) is 0.200. The average Bonchev–Trinajstić information content (AvgIpc) is 2.07. The van der Waals surface area contributed by atoms with Crippen LogP contribution >= 0.6 is 0 Å². The van der Waals surface area contributed by atoms with Gasteiger partial charge in [-0.05, 0) is 24.6 Å². The fourth-order valence-corrected chi connectivity index (χ4v) is 0.967. The van der Waals surface area contributed by atoms with E-state index in [4.69, 9.17) is 0 Å². The molecule has 0 spiro atoms. The summed E-state index contributed by atoms with van der Waals surface area (Å²) < 4.78 is 12.7. The Bertz CT molecular complexity index is 281. The summed E-state index contributed by atoms with van der Waals surface area (Å²) >= 11 is 0. The van der Waals surface area contributed by atoms with Crippen LogP contribution in [0.5, 0.6) is 0 Å². The lowest BCUT2D eigenvalue weighted by atomic mass is 10.2. The molecule has 1 nitrogen and oxygen atoms in total. The van der Waals surface area contributed by atoms with Crippen LogP contribution in [0.3, 0.4) is 0 Å². The highest BCUT2D eigenvalue weighted by molar-refractivity contribution is 5.50. The third-order valence-corrected chi connectivity index (χ3v) is 1.64. The first-order valence-corrected chi connectivity index (χ1v) is 3.85. The summed E-state index contributed by atoms with van der Waals surface area (Å²) in [5.41, 5.74) is 1.87. The number of anilines is 1. The van der Waals surface area contributed by atoms with Crippen LogP contribution in [-0.4, -0.2) is 6.54 Å². The monoisotopic (exact) mass is 165 g/mol. The molecule has 1 rings (SSSR count). The van der Waals surface area contributed by atoms with Gasteiger partial charge in [-0.15, -0.1) is 6.58 Å². The van der Waals surface area contributed by atoms with E-state index in [0.29, 0.717) is 6.54 Å². The van der Waals surface area contributed by atoms with E-state index in [1.54, 1.807) is 12.1 Å². The minimum absolute atomic E-state index is 0.216. The SMILES string of the molecule is C=CCNc1cc(F)ccc1C. The van der Waals surface area contributed by atoms with E-state index in [1.165, 1.54) is 12.1 Å². The fourth-order valence-electron chi connectivity index (χ4n) is 0.967. The van der Waals surface area contributed by atoms with Crippen LogP contribution in [-0.2, 0) is 0 Å². The Kier molecular flexibility index (Phi) is 2.86. The minimum atomic E-state index is -0.216. The highest BCUT2D eigenvalue weighted by atomic mass is 19.1. The zero-order chi connectivity index (χ0) is 8.97. The van der Waals surface area contributed by atoms with Gasteiger partial charge in [-0.1, -0.05) is 12.1 Å². The molecule has 0 fully saturated rings. The first-order valence-electron chi connectivity index (χ1n) is 3.85. The number of hydrogen-bond donors (Lipinski definition) is 1. The quantitative estimate of drug-likeness (QED) is 0.679. The Morgan fingerprint density at radius 1 is 1.58 bits per heavy atom. The van der Waals surface area contributed by atoms with Gasteiger partial charge in [0.05, 0.1) is 0 Å². The number of benzene rings is 1. The number of nitrogens with one attached hydrogen (secondary N) is 1. The Balaban J connectivity index is 2.82. The number of aryl methyl sites for hydroxylation is 1. The van der Waals surface area contributed by atoms with Crippen molar-refractivity contribution in [3.05, 3.63) is 42.2 Å². The smallest absolute Gasteiger partial charge is 0.125 e. The van der Waals surface area contributed by atoms with E-state index in [0.717, 1.165) is 11.3 Å². The van der Waals surface area contributed by atoms with Crippen molar-refractivity contribution in [2.45, 2.75) is 6.92 Å². The molecule has 0 aliphatic carbocycles. The molecule has 0 unspecified atom stereocenters. The molecule has 0 saturated carbocycles. The van der Waals surface area contributed by atoms with Gasteiger partial charge >= 0.3 is 0 Å². The minimum Gasteiger partial charge on any atom is -0.381 e. The zero-order valence-electron chi connectivity index (χ0n) is 7.10. The largest absolute Gasteiger partial charge is 0.381 e. The van der Waals surface area contributed by atoms with E-state index in [-0.39, 0.29) is 5.82 Å². The molecule has 64 valence electrons. The lowest BCUT2D eigenvalue weighted by molar-refractivity contribution is 0.628. The molecule has 0 aliphatic rings. The molecule has 1 aromatic carbocycles. The van der Waals surface area contributed by atoms with Crippen molar-refractivity contribution in [2.24, 2.45) is 0 Å². The Labute approximate surface area is 71.9 Å². The molecule has 0 aliphatic heterocycles. The molecule has 0 heterocycles. The maximum atomic E-state index is 12.7. The molecule has 1 N–H and O–H groups in total. The van der Waals surface area contributed by atoms with Gasteiger partial charge in [0, 0.05) is 12.2 Å². The van der Waals surface area contributed by atoms with Crippen molar-refractivity contribution in [3.8, 4) is 0 Å². The summed E-state index contributed by atoms with van der Waals surface area (Å²) in [4.78, 5) is 0. The van der Waals surface area contributed by atoms with Crippen LogP contribution in [0.2, 0.25) is 0 Å². The average molecular weight is 165 g/mol. The van der Waals surface area contributed by atoms with Gasteiger partial charge in [-0.3, -0.25) is 0 Å². The van der Waals surface area contributed by atoms with Crippen molar-refractivity contribution >= 4 is 5.69 Å². The van der Waals surface area contributed by atoms with Crippen LogP contribution in [0.15, 0.2) is 30.9 Å². The molecule has 0 saturated heterocycles. The molecule has 0 bridgehead atoms. The van der Waals surface area contributed by atoms with Crippen molar-refractivity contribution in [2.75, 3.05) is 11.9 Å². The third kappa shape index (κ3) is 2.09. The van der Waals surface area contributed by atoms with Crippen molar-refractivity contribution < 1.29 is 4.39 Å². The highest BCUT2D eigenvalue weighted by Gasteiger charge is 1.97. The summed E-state index contributed by atoms with van der Waals surface area (Å²) in [5.74, 6) is -0.216. The third-order valence-electron chi connectivity index (χ3n) is 1.64. The summed E-state index contributed by atoms with van der Waals surface area (Å²) in [6.07, 6.45) is 1.74. The van der Waals surface area contributed by atoms with Crippen LogP contribution in [0.1, 0.15) is 5.56 Å². The van der Waals surface area contributed by atoms with Crippen molar-refractivity contribution in [1.82, 2.24) is 0 Å². The molecule has 0 amide bonds. The maximum absolute atomic E-state index is 12.7.